The smallest absolute Gasteiger partial charge is 0.121 e. The molecule has 20 heavy (non-hydrogen) atoms. The van der Waals surface area contributed by atoms with Gasteiger partial charge in [-0.3, -0.25) is 0 Å². The van der Waals surface area contributed by atoms with Crippen molar-refractivity contribution in [1.82, 2.24) is 9.55 Å². The zero-order valence-corrected chi connectivity index (χ0v) is 11.5. The number of benzene rings is 1. The number of imidazole rings is 1. The number of anilines is 1. The molecule has 0 aliphatic rings. The lowest BCUT2D eigenvalue weighted by Crippen LogP contribution is -2.05. The molecule has 0 fully saturated rings. The lowest BCUT2D eigenvalue weighted by atomic mass is 10.2. The molecule has 0 spiro atoms. The Labute approximate surface area is 118 Å². The van der Waals surface area contributed by atoms with Crippen molar-refractivity contribution in [3.8, 4) is 11.8 Å². The number of rotatable bonds is 7. The molecule has 0 radical (unpaired) electrons. The van der Waals surface area contributed by atoms with Crippen molar-refractivity contribution in [1.29, 1.82) is 5.26 Å². The third-order valence-corrected chi connectivity index (χ3v) is 3.06. The van der Waals surface area contributed by atoms with E-state index in [4.69, 9.17) is 10.00 Å². The number of nitrogens with one attached hydrogen (secondary N) is 1. The van der Waals surface area contributed by atoms with Crippen LogP contribution in [0.1, 0.15) is 18.4 Å². The second-order valence-electron chi connectivity index (χ2n) is 4.46. The Morgan fingerprint density at radius 3 is 3.00 bits per heavy atom. The minimum absolute atomic E-state index is 0.639. The van der Waals surface area contributed by atoms with Crippen LogP contribution >= 0.6 is 0 Å². The Hall–Kier alpha value is -2.48. The number of unbranched alkanes of at least 4 members (excludes halogenated alkanes) is 1. The number of aromatic nitrogens is 2. The SMILES string of the molecule is COc1ccc(C#N)c(NCCCCn2ccnc2)c1. The van der Waals surface area contributed by atoms with E-state index in [1.165, 1.54) is 0 Å². The lowest BCUT2D eigenvalue weighted by Gasteiger charge is -2.10. The molecule has 2 aromatic rings. The third kappa shape index (κ3) is 3.75. The summed E-state index contributed by atoms with van der Waals surface area (Å²) in [5.74, 6) is 0.755. The molecule has 2 rings (SSSR count). The van der Waals surface area contributed by atoms with Gasteiger partial charge in [0.15, 0.2) is 0 Å². The van der Waals surface area contributed by atoms with E-state index in [-0.39, 0.29) is 0 Å². The van der Waals surface area contributed by atoms with Gasteiger partial charge in [0.2, 0.25) is 0 Å². The molecule has 1 aromatic carbocycles. The van der Waals surface area contributed by atoms with Crippen molar-refractivity contribution in [2.45, 2.75) is 19.4 Å². The summed E-state index contributed by atoms with van der Waals surface area (Å²) in [6.45, 7) is 1.79. The summed E-state index contributed by atoms with van der Waals surface area (Å²) in [5, 5.41) is 12.4. The fourth-order valence-electron chi connectivity index (χ4n) is 1.96. The molecule has 1 N–H and O–H groups in total. The molecule has 0 bridgehead atoms. The van der Waals surface area contributed by atoms with Crippen LogP contribution in [0.5, 0.6) is 5.75 Å². The van der Waals surface area contributed by atoms with Crippen LogP contribution in [0.15, 0.2) is 36.9 Å². The van der Waals surface area contributed by atoms with Crippen LogP contribution in [0.4, 0.5) is 5.69 Å². The molecule has 0 unspecified atom stereocenters. The molecule has 0 amide bonds. The summed E-state index contributed by atoms with van der Waals surface area (Å²) in [7, 11) is 1.62. The first-order valence-corrected chi connectivity index (χ1v) is 6.61. The van der Waals surface area contributed by atoms with E-state index in [1.54, 1.807) is 25.4 Å². The highest BCUT2D eigenvalue weighted by Gasteiger charge is 2.03. The molecule has 1 aromatic heterocycles. The molecular weight excluding hydrogens is 252 g/mol. The fraction of sp³-hybridized carbons (Fsp3) is 0.333. The summed E-state index contributed by atoms with van der Waals surface area (Å²) in [6, 6.07) is 7.60. The van der Waals surface area contributed by atoms with Crippen molar-refractivity contribution < 1.29 is 4.74 Å². The molecule has 5 nitrogen and oxygen atoms in total. The molecule has 1 heterocycles. The average Bonchev–Trinajstić information content (AvgIpc) is 3.00. The minimum atomic E-state index is 0.639. The molecule has 0 aliphatic carbocycles. The number of hydrogen-bond donors (Lipinski definition) is 1. The second-order valence-corrected chi connectivity index (χ2v) is 4.46. The maximum atomic E-state index is 9.07. The van der Waals surface area contributed by atoms with Crippen LogP contribution < -0.4 is 10.1 Å². The standard InChI is InChI=1S/C15H18N4O/c1-20-14-5-4-13(11-16)15(10-14)18-6-2-3-8-19-9-7-17-12-19/h4-5,7,9-10,12,18H,2-3,6,8H2,1H3. The van der Waals surface area contributed by atoms with Gasteiger partial charge in [-0.25, -0.2) is 4.98 Å². The monoisotopic (exact) mass is 270 g/mol. The molecule has 0 saturated heterocycles. The molecule has 5 heteroatoms. The topological polar surface area (TPSA) is 62.9 Å². The van der Waals surface area contributed by atoms with Crippen LogP contribution in [0.3, 0.4) is 0 Å². The predicted molar refractivity (Wildman–Crippen MR) is 77.7 cm³/mol. The molecule has 0 saturated carbocycles. The van der Waals surface area contributed by atoms with Crippen molar-refractivity contribution >= 4 is 5.69 Å². The van der Waals surface area contributed by atoms with Gasteiger partial charge in [-0.15, -0.1) is 0 Å². The third-order valence-electron chi connectivity index (χ3n) is 3.06. The van der Waals surface area contributed by atoms with Gasteiger partial charge in [-0.05, 0) is 25.0 Å². The van der Waals surface area contributed by atoms with Gasteiger partial charge in [0, 0.05) is 31.5 Å². The molecule has 0 atom stereocenters. The van der Waals surface area contributed by atoms with Gasteiger partial charge in [-0.2, -0.15) is 5.26 Å². The zero-order chi connectivity index (χ0) is 14.2. The molecule has 104 valence electrons. The highest BCUT2D eigenvalue weighted by Crippen LogP contribution is 2.21. The Morgan fingerprint density at radius 1 is 1.40 bits per heavy atom. The number of hydrogen-bond acceptors (Lipinski definition) is 4. The fourth-order valence-corrected chi connectivity index (χ4v) is 1.96. The van der Waals surface area contributed by atoms with Gasteiger partial charge in [0.05, 0.1) is 24.7 Å². The summed E-state index contributed by atoms with van der Waals surface area (Å²) in [5.41, 5.74) is 1.47. The number of ether oxygens (including phenoxy) is 1. The maximum Gasteiger partial charge on any atom is 0.121 e. The van der Waals surface area contributed by atoms with Crippen LogP contribution in [-0.4, -0.2) is 23.2 Å². The first-order chi connectivity index (χ1) is 9.83. The quantitative estimate of drug-likeness (QED) is 0.786. The van der Waals surface area contributed by atoms with Gasteiger partial charge in [0.25, 0.3) is 0 Å². The summed E-state index contributed by atoms with van der Waals surface area (Å²) in [4.78, 5) is 4.01. The molecule has 0 aliphatic heterocycles. The highest BCUT2D eigenvalue weighted by atomic mass is 16.5. The maximum absolute atomic E-state index is 9.07. The van der Waals surface area contributed by atoms with Crippen LogP contribution in [0, 0.1) is 11.3 Å². The van der Waals surface area contributed by atoms with E-state index in [9.17, 15) is 0 Å². The lowest BCUT2D eigenvalue weighted by molar-refractivity contribution is 0.415. The Morgan fingerprint density at radius 2 is 2.30 bits per heavy atom. The van der Waals surface area contributed by atoms with Gasteiger partial charge in [0.1, 0.15) is 11.8 Å². The summed E-state index contributed by atoms with van der Waals surface area (Å²) in [6.07, 6.45) is 7.66. The van der Waals surface area contributed by atoms with Gasteiger partial charge in [-0.1, -0.05) is 0 Å². The summed E-state index contributed by atoms with van der Waals surface area (Å²) >= 11 is 0. The van der Waals surface area contributed by atoms with E-state index in [0.717, 1.165) is 37.4 Å². The number of nitrogens with zero attached hydrogens (tertiary/aromatic N) is 3. The normalized spacial score (nSPS) is 10.0. The van der Waals surface area contributed by atoms with E-state index >= 15 is 0 Å². The first kappa shape index (κ1) is 13.9. The Kier molecular flexibility index (Phi) is 5.01. The van der Waals surface area contributed by atoms with E-state index in [1.807, 2.05) is 18.6 Å². The first-order valence-electron chi connectivity index (χ1n) is 6.61. The van der Waals surface area contributed by atoms with Crippen molar-refractivity contribution in [2.75, 3.05) is 19.0 Å². The second kappa shape index (κ2) is 7.19. The minimum Gasteiger partial charge on any atom is -0.497 e. The van der Waals surface area contributed by atoms with E-state index in [0.29, 0.717) is 5.56 Å². The van der Waals surface area contributed by atoms with Crippen molar-refractivity contribution in [3.63, 3.8) is 0 Å². The van der Waals surface area contributed by atoms with Crippen molar-refractivity contribution in [3.05, 3.63) is 42.5 Å². The van der Waals surface area contributed by atoms with Crippen LogP contribution in [0.2, 0.25) is 0 Å². The van der Waals surface area contributed by atoms with E-state index in [2.05, 4.69) is 20.9 Å². The number of aryl methyl sites for hydroxylation is 1. The average molecular weight is 270 g/mol. The number of nitriles is 1. The Bertz CT molecular complexity index is 572. The van der Waals surface area contributed by atoms with Crippen LogP contribution in [0.25, 0.3) is 0 Å². The Balaban J connectivity index is 1.80. The van der Waals surface area contributed by atoms with E-state index < -0.39 is 0 Å². The largest absolute Gasteiger partial charge is 0.497 e. The van der Waals surface area contributed by atoms with Crippen LogP contribution in [-0.2, 0) is 6.54 Å². The summed E-state index contributed by atoms with van der Waals surface area (Å²) < 4.78 is 7.23. The number of methoxy groups -OCH3 is 1. The van der Waals surface area contributed by atoms with Gasteiger partial charge < -0.3 is 14.6 Å². The highest BCUT2D eigenvalue weighted by molar-refractivity contribution is 5.60. The zero-order valence-electron chi connectivity index (χ0n) is 11.5. The molecular formula is C15H18N4O. The van der Waals surface area contributed by atoms with Gasteiger partial charge >= 0.3 is 0 Å². The van der Waals surface area contributed by atoms with Crippen molar-refractivity contribution in [2.24, 2.45) is 0 Å². The predicted octanol–water partition coefficient (Wildman–Crippen LogP) is 2.66.